The van der Waals surface area contributed by atoms with Crippen LogP contribution in [0.2, 0.25) is 0 Å². The van der Waals surface area contributed by atoms with Crippen LogP contribution in [0.15, 0.2) is 24.3 Å². The molecular formula is C13H19NO. The zero-order valence-electron chi connectivity index (χ0n) is 9.38. The Hall–Kier alpha value is -1.05. The van der Waals surface area contributed by atoms with Gasteiger partial charge < -0.3 is 5.32 Å². The van der Waals surface area contributed by atoms with Crippen LogP contribution in [0.5, 0.6) is 0 Å². The highest BCUT2D eigenvalue weighted by atomic mass is 16.1. The van der Waals surface area contributed by atoms with E-state index < -0.39 is 0 Å². The molecule has 0 aromatic heterocycles. The number of hydrogen-bond donors (Lipinski definition) is 1. The van der Waals surface area contributed by atoms with E-state index in [1.807, 2.05) is 0 Å². The maximum Gasteiger partial charge on any atom is 0.246 e. The number of allylic oxidation sites excluding steroid dienone is 2. The molecule has 0 unspecified atom stereocenters. The van der Waals surface area contributed by atoms with Crippen LogP contribution >= 0.6 is 0 Å². The highest BCUT2D eigenvalue weighted by Crippen LogP contribution is 2.49. The number of hydrogen-bond acceptors (Lipinski definition) is 1. The molecule has 2 aliphatic rings. The summed E-state index contributed by atoms with van der Waals surface area (Å²) in [5.74, 6) is 0.0150. The standard InChI is InChI=1S/C13H19NO/c1-10(2)12(15)14-11-8-13(9-11)6-4-3-5-7-13/h3-4,11H,1,5-9H2,2H3,(H,14,15). The summed E-state index contributed by atoms with van der Waals surface area (Å²) in [6.45, 7) is 5.40. The fraction of sp³-hybridized carbons (Fsp3) is 0.615. The molecule has 2 nitrogen and oxygen atoms in total. The van der Waals surface area contributed by atoms with Gasteiger partial charge in [0.1, 0.15) is 0 Å². The van der Waals surface area contributed by atoms with Crippen LogP contribution in [-0.2, 0) is 4.79 Å². The molecule has 2 rings (SSSR count). The lowest BCUT2D eigenvalue weighted by Crippen LogP contribution is -2.51. The quantitative estimate of drug-likeness (QED) is 0.545. The number of rotatable bonds is 2. The second-order valence-corrected chi connectivity index (χ2v) is 5.07. The predicted molar refractivity (Wildman–Crippen MR) is 61.4 cm³/mol. The molecule has 0 heterocycles. The normalized spacial score (nSPS) is 33.5. The van der Waals surface area contributed by atoms with Crippen molar-refractivity contribution in [1.29, 1.82) is 0 Å². The van der Waals surface area contributed by atoms with E-state index in [0.29, 0.717) is 17.0 Å². The highest BCUT2D eigenvalue weighted by Gasteiger charge is 2.43. The molecule has 0 radical (unpaired) electrons. The molecule has 0 aliphatic heterocycles. The van der Waals surface area contributed by atoms with Crippen molar-refractivity contribution in [3.63, 3.8) is 0 Å². The Morgan fingerprint density at radius 1 is 1.47 bits per heavy atom. The monoisotopic (exact) mass is 205 g/mol. The van der Waals surface area contributed by atoms with E-state index in [9.17, 15) is 4.79 Å². The SMILES string of the molecule is C=C(C)C(=O)NC1CC2(CC=CCC2)C1. The van der Waals surface area contributed by atoms with Crippen LogP contribution in [0.3, 0.4) is 0 Å². The first-order valence-electron chi connectivity index (χ1n) is 5.73. The zero-order valence-corrected chi connectivity index (χ0v) is 9.38. The summed E-state index contributed by atoms with van der Waals surface area (Å²) in [4.78, 5) is 11.4. The third-order valence-electron chi connectivity index (χ3n) is 3.64. The first kappa shape index (κ1) is 10.5. The Morgan fingerprint density at radius 3 is 2.73 bits per heavy atom. The maximum atomic E-state index is 11.4. The van der Waals surface area contributed by atoms with Gasteiger partial charge in [-0.3, -0.25) is 4.79 Å². The van der Waals surface area contributed by atoms with Crippen molar-refractivity contribution < 1.29 is 4.79 Å². The number of amides is 1. The third kappa shape index (κ3) is 2.14. The van der Waals surface area contributed by atoms with E-state index in [0.717, 1.165) is 12.8 Å². The van der Waals surface area contributed by atoms with E-state index in [1.165, 1.54) is 19.3 Å². The van der Waals surface area contributed by atoms with Crippen LogP contribution in [0.1, 0.15) is 39.0 Å². The summed E-state index contributed by atoms with van der Waals surface area (Å²) in [5.41, 5.74) is 1.13. The Balaban J connectivity index is 1.80. The molecule has 0 saturated heterocycles. The zero-order chi connectivity index (χ0) is 10.9. The Morgan fingerprint density at radius 2 is 2.20 bits per heavy atom. The largest absolute Gasteiger partial charge is 0.350 e. The summed E-state index contributed by atoms with van der Waals surface area (Å²) >= 11 is 0. The minimum atomic E-state index is 0.0150. The van der Waals surface area contributed by atoms with Crippen LogP contribution in [0, 0.1) is 5.41 Å². The molecule has 1 N–H and O–H groups in total. The highest BCUT2D eigenvalue weighted by molar-refractivity contribution is 5.92. The summed E-state index contributed by atoms with van der Waals surface area (Å²) in [6.07, 6.45) is 10.6. The van der Waals surface area contributed by atoms with Gasteiger partial charge in [0, 0.05) is 11.6 Å². The molecule has 15 heavy (non-hydrogen) atoms. The maximum absolute atomic E-state index is 11.4. The number of carbonyl (C=O) groups is 1. The minimum absolute atomic E-state index is 0.0150. The van der Waals surface area contributed by atoms with Gasteiger partial charge in [0.05, 0.1) is 0 Å². The second-order valence-electron chi connectivity index (χ2n) is 5.07. The van der Waals surface area contributed by atoms with Gasteiger partial charge in [0.25, 0.3) is 0 Å². The second kappa shape index (κ2) is 3.84. The molecule has 1 saturated carbocycles. The predicted octanol–water partition coefficient (Wildman–Crippen LogP) is 2.57. The molecule has 1 spiro atoms. The van der Waals surface area contributed by atoms with Crippen LogP contribution < -0.4 is 5.32 Å². The fourth-order valence-electron chi connectivity index (χ4n) is 2.71. The summed E-state index contributed by atoms with van der Waals surface area (Å²) in [7, 11) is 0. The summed E-state index contributed by atoms with van der Waals surface area (Å²) < 4.78 is 0. The molecule has 82 valence electrons. The lowest BCUT2D eigenvalue weighted by atomic mass is 9.60. The topological polar surface area (TPSA) is 29.1 Å². The molecule has 0 aromatic rings. The van der Waals surface area contributed by atoms with Crippen molar-refractivity contribution in [3.05, 3.63) is 24.3 Å². The van der Waals surface area contributed by atoms with Crippen molar-refractivity contribution in [1.82, 2.24) is 5.32 Å². The van der Waals surface area contributed by atoms with Crippen LogP contribution in [0.4, 0.5) is 0 Å². The summed E-state index contributed by atoms with van der Waals surface area (Å²) in [5, 5.41) is 3.02. The Kier molecular flexibility index (Phi) is 2.68. The molecule has 0 bridgehead atoms. The molecule has 1 fully saturated rings. The molecular weight excluding hydrogens is 186 g/mol. The van der Waals surface area contributed by atoms with Crippen molar-refractivity contribution in [2.24, 2.45) is 5.41 Å². The third-order valence-corrected chi connectivity index (χ3v) is 3.64. The number of nitrogens with one attached hydrogen (secondary N) is 1. The van der Waals surface area contributed by atoms with E-state index in [4.69, 9.17) is 0 Å². The minimum Gasteiger partial charge on any atom is -0.350 e. The molecule has 1 amide bonds. The van der Waals surface area contributed by atoms with Crippen molar-refractivity contribution in [2.45, 2.75) is 45.1 Å². The van der Waals surface area contributed by atoms with Crippen molar-refractivity contribution >= 4 is 5.91 Å². The first-order chi connectivity index (χ1) is 7.11. The van der Waals surface area contributed by atoms with Gasteiger partial charge in [-0.2, -0.15) is 0 Å². The van der Waals surface area contributed by atoms with Crippen molar-refractivity contribution in [3.8, 4) is 0 Å². The van der Waals surface area contributed by atoms with Gasteiger partial charge in [-0.1, -0.05) is 18.7 Å². The van der Waals surface area contributed by atoms with E-state index >= 15 is 0 Å². The Bertz CT molecular complexity index is 310. The smallest absolute Gasteiger partial charge is 0.246 e. The Labute approximate surface area is 91.4 Å². The molecule has 2 aliphatic carbocycles. The molecule has 2 heteroatoms. The van der Waals surface area contributed by atoms with Gasteiger partial charge in [-0.25, -0.2) is 0 Å². The number of carbonyl (C=O) groups excluding carboxylic acids is 1. The van der Waals surface area contributed by atoms with Crippen molar-refractivity contribution in [2.75, 3.05) is 0 Å². The van der Waals surface area contributed by atoms with E-state index in [-0.39, 0.29) is 5.91 Å². The lowest BCUT2D eigenvalue weighted by Gasteiger charge is -2.49. The van der Waals surface area contributed by atoms with Crippen LogP contribution in [-0.4, -0.2) is 11.9 Å². The van der Waals surface area contributed by atoms with Gasteiger partial charge >= 0.3 is 0 Å². The van der Waals surface area contributed by atoms with Gasteiger partial charge in [-0.05, 0) is 44.4 Å². The molecule has 0 aromatic carbocycles. The lowest BCUT2D eigenvalue weighted by molar-refractivity contribution is -0.119. The van der Waals surface area contributed by atoms with Gasteiger partial charge in [-0.15, -0.1) is 0 Å². The fourth-order valence-corrected chi connectivity index (χ4v) is 2.71. The van der Waals surface area contributed by atoms with E-state index in [1.54, 1.807) is 6.92 Å². The molecule has 0 atom stereocenters. The first-order valence-corrected chi connectivity index (χ1v) is 5.73. The average Bonchev–Trinajstić information content (AvgIpc) is 2.16. The average molecular weight is 205 g/mol. The van der Waals surface area contributed by atoms with Gasteiger partial charge in [0.15, 0.2) is 0 Å². The van der Waals surface area contributed by atoms with E-state index in [2.05, 4.69) is 24.0 Å². The van der Waals surface area contributed by atoms with Gasteiger partial charge in [0.2, 0.25) is 5.91 Å². The van der Waals surface area contributed by atoms with Crippen LogP contribution in [0.25, 0.3) is 0 Å². The summed E-state index contributed by atoms with van der Waals surface area (Å²) in [6, 6.07) is 0.390.